The smallest absolute Gasteiger partial charge is 0.249 e. The van der Waals surface area contributed by atoms with Crippen molar-refractivity contribution < 1.29 is 8.98 Å². The zero-order chi connectivity index (χ0) is 16.3. The number of aromatic nitrogens is 2. The van der Waals surface area contributed by atoms with Gasteiger partial charge in [0.15, 0.2) is 0 Å². The fourth-order valence-electron chi connectivity index (χ4n) is 3.58. The molecule has 3 heterocycles. The van der Waals surface area contributed by atoms with Gasteiger partial charge in [-0.2, -0.15) is 0 Å². The number of benzene rings is 2. The molecule has 116 valence electrons. The van der Waals surface area contributed by atoms with Gasteiger partial charge in [0.25, 0.3) is 0 Å². The predicted octanol–water partition coefficient (Wildman–Crippen LogP) is 4.64. The average Bonchev–Trinajstić information content (AvgIpc) is 3.17. The minimum absolute atomic E-state index is 0.936. The van der Waals surface area contributed by atoms with Gasteiger partial charge in [0.2, 0.25) is 6.33 Å². The van der Waals surface area contributed by atoms with Crippen molar-refractivity contribution in [3.8, 4) is 11.3 Å². The molecule has 3 nitrogen and oxygen atoms in total. The third-order valence-electron chi connectivity index (χ3n) is 4.79. The van der Waals surface area contributed by atoms with Gasteiger partial charge in [-0.15, -0.1) is 0 Å². The van der Waals surface area contributed by atoms with E-state index in [-0.39, 0.29) is 0 Å². The summed E-state index contributed by atoms with van der Waals surface area (Å²) < 4.78 is 10.5. The van der Waals surface area contributed by atoms with Crippen LogP contribution >= 0.6 is 0 Å². The Morgan fingerprint density at radius 1 is 0.958 bits per heavy atom. The molecule has 5 rings (SSSR count). The Hall–Kier alpha value is -3.07. The summed E-state index contributed by atoms with van der Waals surface area (Å²) in [6, 6.07) is 19.0. The second kappa shape index (κ2) is 4.71. The van der Waals surface area contributed by atoms with Gasteiger partial charge in [-0.1, -0.05) is 30.3 Å². The first-order chi connectivity index (χ1) is 11.7. The van der Waals surface area contributed by atoms with Crippen LogP contribution in [-0.2, 0) is 7.05 Å². The molecule has 0 N–H and O–H groups in total. The summed E-state index contributed by atoms with van der Waals surface area (Å²) in [5.41, 5.74) is 6.61. The molecule has 2 aromatic carbocycles. The van der Waals surface area contributed by atoms with Crippen LogP contribution < -0.4 is 4.57 Å². The Kier molecular flexibility index (Phi) is 2.63. The predicted molar refractivity (Wildman–Crippen MR) is 96.0 cm³/mol. The van der Waals surface area contributed by atoms with Crippen LogP contribution in [0.25, 0.3) is 38.7 Å². The second-order valence-corrected chi connectivity index (χ2v) is 6.33. The van der Waals surface area contributed by atoms with Crippen molar-refractivity contribution in [1.29, 1.82) is 0 Å². The fourth-order valence-corrected chi connectivity index (χ4v) is 3.58. The normalized spacial score (nSPS) is 11.8. The van der Waals surface area contributed by atoms with Crippen LogP contribution in [0.4, 0.5) is 0 Å². The molecular weight excluding hydrogens is 296 g/mol. The first kappa shape index (κ1) is 13.4. The molecule has 0 atom stereocenters. The molecule has 3 aromatic heterocycles. The fraction of sp³-hybridized carbons (Fsp3) is 0.0952. The number of rotatable bonds is 1. The number of para-hydroxylation sites is 1. The summed E-state index contributed by atoms with van der Waals surface area (Å²) in [6.07, 6.45) is 4.17. The van der Waals surface area contributed by atoms with Crippen LogP contribution in [0.3, 0.4) is 0 Å². The minimum atomic E-state index is 0.936. The zero-order valence-corrected chi connectivity index (χ0v) is 13.7. The van der Waals surface area contributed by atoms with Crippen LogP contribution in [0.15, 0.2) is 71.5 Å². The van der Waals surface area contributed by atoms with Crippen molar-refractivity contribution in [3.63, 3.8) is 0 Å². The Morgan fingerprint density at radius 3 is 2.75 bits per heavy atom. The summed E-state index contributed by atoms with van der Waals surface area (Å²) >= 11 is 0. The van der Waals surface area contributed by atoms with Crippen LogP contribution in [0.2, 0.25) is 0 Å². The summed E-state index contributed by atoms with van der Waals surface area (Å²) in [5, 5.41) is 2.33. The first-order valence-corrected chi connectivity index (χ1v) is 8.10. The highest BCUT2D eigenvalue weighted by atomic mass is 16.3. The maximum absolute atomic E-state index is 6.25. The molecule has 0 aliphatic carbocycles. The van der Waals surface area contributed by atoms with Crippen molar-refractivity contribution in [3.05, 3.63) is 72.7 Å². The lowest BCUT2D eigenvalue weighted by atomic mass is 10.0. The van der Waals surface area contributed by atoms with E-state index in [0.717, 1.165) is 22.4 Å². The maximum atomic E-state index is 6.25. The van der Waals surface area contributed by atoms with Gasteiger partial charge in [-0.25, -0.2) is 8.97 Å². The van der Waals surface area contributed by atoms with E-state index in [1.54, 1.807) is 0 Å². The van der Waals surface area contributed by atoms with Crippen LogP contribution in [0, 0.1) is 6.92 Å². The SMILES string of the molecule is Cc1ccc2c(oc3ccccc32)c1-c1cc2cccn2c[n+]1C. The summed E-state index contributed by atoms with van der Waals surface area (Å²) in [4.78, 5) is 0. The lowest BCUT2D eigenvalue weighted by molar-refractivity contribution is -0.663. The number of hydrogen-bond acceptors (Lipinski definition) is 1. The highest BCUT2D eigenvalue weighted by Gasteiger charge is 2.19. The van der Waals surface area contributed by atoms with E-state index >= 15 is 0 Å². The molecule has 0 bridgehead atoms. The van der Waals surface area contributed by atoms with Crippen LogP contribution in [-0.4, -0.2) is 4.40 Å². The molecule has 0 radical (unpaired) electrons. The van der Waals surface area contributed by atoms with Gasteiger partial charge < -0.3 is 4.42 Å². The van der Waals surface area contributed by atoms with E-state index in [1.165, 1.54) is 21.9 Å². The topological polar surface area (TPSA) is 21.4 Å². The van der Waals surface area contributed by atoms with Gasteiger partial charge in [-0.05, 0) is 30.7 Å². The summed E-state index contributed by atoms with van der Waals surface area (Å²) in [5.74, 6) is 0. The molecule has 0 amide bonds. The Balaban J connectivity index is 1.93. The highest BCUT2D eigenvalue weighted by Crippen LogP contribution is 2.36. The average molecular weight is 313 g/mol. The molecule has 0 spiro atoms. The van der Waals surface area contributed by atoms with E-state index in [1.807, 2.05) is 12.1 Å². The molecule has 0 fully saturated rings. The van der Waals surface area contributed by atoms with E-state index in [2.05, 4.69) is 77.9 Å². The number of fused-ring (bicyclic) bond motifs is 4. The second-order valence-electron chi connectivity index (χ2n) is 6.33. The van der Waals surface area contributed by atoms with Gasteiger partial charge >= 0.3 is 0 Å². The zero-order valence-electron chi connectivity index (χ0n) is 13.7. The van der Waals surface area contributed by atoms with Crippen molar-refractivity contribution >= 4 is 27.5 Å². The van der Waals surface area contributed by atoms with Crippen LogP contribution in [0.5, 0.6) is 0 Å². The quantitative estimate of drug-likeness (QED) is 0.413. The minimum Gasteiger partial charge on any atom is -0.455 e. The molecule has 0 unspecified atom stereocenters. The number of furan rings is 1. The highest BCUT2D eigenvalue weighted by molar-refractivity contribution is 6.09. The number of hydrogen-bond donors (Lipinski definition) is 0. The lowest BCUT2D eigenvalue weighted by Gasteiger charge is -2.08. The van der Waals surface area contributed by atoms with Gasteiger partial charge in [0, 0.05) is 16.8 Å². The first-order valence-electron chi connectivity index (χ1n) is 8.10. The molecular formula is C21H17N2O+. The van der Waals surface area contributed by atoms with E-state index in [4.69, 9.17) is 4.42 Å². The summed E-state index contributed by atoms with van der Waals surface area (Å²) in [6.45, 7) is 2.14. The number of aryl methyl sites for hydroxylation is 2. The van der Waals surface area contributed by atoms with Gasteiger partial charge in [-0.3, -0.25) is 0 Å². The Labute approximate surface area is 139 Å². The molecule has 3 heteroatoms. The standard InChI is InChI=1S/C21H17N2O/c1-14-9-10-17-16-7-3-4-8-19(16)24-21(17)20(14)18-12-15-6-5-11-23(15)13-22(18)2/h3-13H,1-2H3/q+1. The molecule has 5 aromatic rings. The van der Waals surface area contributed by atoms with E-state index in [0.29, 0.717) is 0 Å². The molecule has 0 saturated heterocycles. The molecule has 0 aliphatic rings. The van der Waals surface area contributed by atoms with Crippen molar-refractivity contribution in [1.82, 2.24) is 4.40 Å². The van der Waals surface area contributed by atoms with Gasteiger partial charge in [0.1, 0.15) is 22.4 Å². The van der Waals surface area contributed by atoms with Gasteiger partial charge in [0.05, 0.1) is 18.8 Å². The van der Waals surface area contributed by atoms with Crippen molar-refractivity contribution in [2.24, 2.45) is 7.05 Å². The third kappa shape index (κ3) is 1.75. The van der Waals surface area contributed by atoms with Crippen LogP contribution in [0.1, 0.15) is 5.56 Å². The number of nitrogens with zero attached hydrogens (tertiary/aromatic N) is 2. The Bertz CT molecular complexity index is 1230. The molecule has 0 aliphatic heterocycles. The summed E-state index contributed by atoms with van der Waals surface area (Å²) in [7, 11) is 2.08. The maximum Gasteiger partial charge on any atom is 0.249 e. The molecule has 0 saturated carbocycles. The van der Waals surface area contributed by atoms with Crippen molar-refractivity contribution in [2.75, 3.05) is 0 Å². The van der Waals surface area contributed by atoms with E-state index in [9.17, 15) is 0 Å². The molecule has 24 heavy (non-hydrogen) atoms. The third-order valence-corrected chi connectivity index (χ3v) is 4.79. The lowest BCUT2D eigenvalue weighted by Crippen LogP contribution is -2.32. The monoisotopic (exact) mass is 313 g/mol. The van der Waals surface area contributed by atoms with Crippen molar-refractivity contribution in [2.45, 2.75) is 6.92 Å². The van der Waals surface area contributed by atoms with E-state index < -0.39 is 0 Å². The largest absolute Gasteiger partial charge is 0.455 e. The Morgan fingerprint density at radius 2 is 1.83 bits per heavy atom.